The highest BCUT2D eigenvalue weighted by Gasteiger charge is 2.43. The van der Waals surface area contributed by atoms with Gasteiger partial charge in [0.25, 0.3) is 0 Å². The molecular weight excluding hydrogens is 412 g/mol. The molecule has 1 aliphatic carbocycles. The minimum Gasteiger partial charge on any atom is -0.348 e. The maximum atomic E-state index is 14.1. The zero-order valence-corrected chi connectivity index (χ0v) is 19.8. The van der Waals surface area contributed by atoms with Gasteiger partial charge in [0.15, 0.2) is 9.84 Å². The first kappa shape index (κ1) is 23.5. The number of hydrogen-bond donors (Lipinski definition) is 1. The van der Waals surface area contributed by atoms with E-state index < -0.39 is 15.3 Å². The molecule has 0 atom stereocenters. The van der Waals surface area contributed by atoms with Crippen LogP contribution in [0.2, 0.25) is 0 Å². The van der Waals surface area contributed by atoms with E-state index in [0.717, 1.165) is 55.6 Å². The van der Waals surface area contributed by atoms with Crippen LogP contribution in [0.15, 0.2) is 35.5 Å². The summed E-state index contributed by atoms with van der Waals surface area (Å²) in [4.78, 5) is 25.9. The summed E-state index contributed by atoms with van der Waals surface area (Å²) >= 11 is 0. The molecule has 1 aliphatic rings. The van der Waals surface area contributed by atoms with Gasteiger partial charge in [-0.3, -0.25) is 4.79 Å². The first-order valence-electron chi connectivity index (χ1n) is 10.9. The Bertz CT molecular complexity index is 990. The monoisotopic (exact) mass is 446 g/mol. The molecule has 2 aromatic rings. The molecule has 1 aromatic carbocycles. The number of carbonyl (C=O) groups excluding carboxylic acids is 1. The molecule has 0 spiro atoms. The summed E-state index contributed by atoms with van der Waals surface area (Å²) in [5.41, 5.74) is 2.15. The second-order valence-electron chi connectivity index (χ2n) is 8.94. The van der Waals surface area contributed by atoms with Crippen LogP contribution in [0.5, 0.6) is 0 Å². The number of benzene rings is 1. The number of likely N-dealkylation sites (N-methyl/N-ethyl adjacent to an activating group) is 1. The number of aromatic amines is 1. The normalized spacial score (nSPS) is 16.4. The highest BCUT2D eigenvalue weighted by atomic mass is 32.2. The van der Waals surface area contributed by atoms with Crippen molar-refractivity contribution >= 4 is 15.7 Å². The van der Waals surface area contributed by atoms with Crippen LogP contribution >= 0.6 is 0 Å². The Labute approximate surface area is 185 Å². The standard InChI is InChI=1S/C23H34N4O3S/c1-18-21(25-17-24-18)16-27(15-14-26(2)3)22(28)23(12-6-5-7-13-23)19-8-10-20(11-9-19)31(4,29)30/h8-11,17H,5-7,12-16H2,1-4H3,(H,24,25). The first-order chi connectivity index (χ1) is 14.6. The molecule has 1 saturated carbocycles. The number of nitrogens with one attached hydrogen (secondary N) is 1. The third kappa shape index (κ3) is 5.36. The Kier molecular flexibility index (Phi) is 7.21. The maximum Gasteiger partial charge on any atom is 0.233 e. The molecule has 3 rings (SSSR count). The van der Waals surface area contributed by atoms with Crippen LogP contribution in [-0.2, 0) is 26.6 Å². The summed E-state index contributed by atoms with van der Waals surface area (Å²) < 4.78 is 23.8. The van der Waals surface area contributed by atoms with Gasteiger partial charge in [-0.2, -0.15) is 0 Å². The minimum absolute atomic E-state index is 0.114. The van der Waals surface area contributed by atoms with Crippen LogP contribution in [0, 0.1) is 6.92 Å². The van der Waals surface area contributed by atoms with Crippen molar-refractivity contribution in [1.82, 2.24) is 19.8 Å². The Hall–Kier alpha value is -2.19. The lowest BCUT2D eigenvalue weighted by molar-refractivity contribution is -0.139. The van der Waals surface area contributed by atoms with Gasteiger partial charge in [0.05, 0.1) is 28.9 Å². The van der Waals surface area contributed by atoms with Crippen LogP contribution < -0.4 is 0 Å². The third-order valence-electron chi connectivity index (χ3n) is 6.33. The molecule has 31 heavy (non-hydrogen) atoms. The summed E-state index contributed by atoms with van der Waals surface area (Å²) in [5.74, 6) is 0.114. The third-order valence-corrected chi connectivity index (χ3v) is 7.46. The lowest BCUT2D eigenvalue weighted by Crippen LogP contribution is -2.49. The number of sulfone groups is 1. The van der Waals surface area contributed by atoms with E-state index in [1.54, 1.807) is 18.5 Å². The van der Waals surface area contributed by atoms with Gasteiger partial charge in [0.2, 0.25) is 5.91 Å². The van der Waals surface area contributed by atoms with E-state index in [1.165, 1.54) is 6.26 Å². The molecule has 1 aromatic heterocycles. The van der Waals surface area contributed by atoms with E-state index in [2.05, 4.69) is 14.9 Å². The van der Waals surface area contributed by atoms with Crippen LogP contribution in [-0.4, -0.2) is 67.5 Å². The fraction of sp³-hybridized carbons (Fsp3) is 0.565. The van der Waals surface area contributed by atoms with E-state index >= 15 is 0 Å². The van der Waals surface area contributed by atoms with Crippen molar-refractivity contribution in [3.05, 3.63) is 47.5 Å². The molecule has 0 saturated heterocycles. The fourth-order valence-corrected chi connectivity index (χ4v) is 5.04. The molecule has 1 amide bonds. The maximum absolute atomic E-state index is 14.1. The van der Waals surface area contributed by atoms with Gasteiger partial charge in [-0.1, -0.05) is 31.4 Å². The van der Waals surface area contributed by atoms with E-state index in [9.17, 15) is 13.2 Å². The molecule has 0 bridgehead atoms. The molecule has 0 unspecified atom stereocenters. The molecule has 7 nitrogen and oxygen atoms in total. The Morgan fingerprint density at radius 3 is 2.26 bits per heavy atom. The van der Waals surface area contributed by atoms with Crippen LogP contribution in [0.4, 0.5) is 0 Å². The number of aryl methyl sites for hydroxylation is 1. The quantitative estimate of drug-likeness (QED) is 0.674. The van der Waals surface area contributed by atoms with Crippen molar-refractivity contribution in [2.24, 2.45) is 0 Å². The molecular formula is C23H34N4O3S. The molecule has 1 fully saturated rings. The average molecular weight is 447 g/mol. The fourth-order valence-electron chi connectivity index (χ4n) is 4.41. The largest absolute Gasteiger partial charge is 0.348 e. The minimum atomic E-state index is -3.28. The predicted molar refractivity (Wildman–Crippen MR) is 122 cm³/mol. The number of imidazole rings is 1. The van der Waals surface area contributed by atoms with E-state index in [0.29, 0.717) is 13.1 Å². The number of nitrogens with zero attached hydrogens (tertiary/aromatic N) is 3. The molecule has 0 aliphatic heterocycles. The Morgan fingerprint density at radius 1 is 1.10 bits per heavy atom. The van der Waals surface area contributed by atoms with E-state index in [1.807, 2.05) is 38.1 Å². The second-order valence-corrected chi connectivity index (χ2v) is 11.0. The molecule has 0 radical (unpaired) electrons. The zero-order chi connectivity index (χ0) is 22.6. The first-order valence-corrected chi connectivity index (χ1v) is 12.8. The summed E-state index contributed by atoms with van der Waals surface area (Å²) in [6, 6.07) is 6.94. The molecule has 170 valence electrons. The van der Waals surface area contributed by atoms with Crippen molar-refractivity contribution in [3.63, 3.8) is 0 Å². The van der Waals surface area contributed by atoms with E-state index in [-0.39, 0.29) is 10.8 Å². The number of H-pyrrole nitrogens is 1. The van der Waals surface area contributed by atoms with Gasteiger partial charge in [-0.05, 0) is 51.6 Å². The summed E-state index contributed by atoms with van der Waals surface area (Å²) in [7, 11) is 0.729. The van der Waals surface area contributed by atoms with Gasteiger partial charge in [0.1, 0.15) is 0 Å². The van der Waals surface area contributed by atoms with Gasteiger partial charge in [-0.25, -0.2) is 13.4 Å². The highest BCUT2D eigenvalue weighted by Crippen LogP contribution is 2.41. The highest BCUT2D eigenvalue weighted by molar-refractivity contribution is 7.90. The lowest BCUT2D eigenvalue weighted by atomic mass is 9.68. The number of carbonyl (C=O) groups is 1. The van der Waals surface area contributed by atoms with Gasteiger partial charge >= 0.3 is 0 Å². The second kappa shape index (κ2) is 9.53. The van der Waals surface area contributed by atoms with Crippen molar-refractivity contribution in [3.8, 4) is 0 Å². The average Bonchev–Trinajstić information content (AvgIpc) is 3.14. The van der Waals surface area contributed by atoms with Crippen LogP contribution in [0.3, 0.4) is 0 Å². The van der Waals surface area contributed by atoms with Gasteiger partial charge < -0.3 is 14.8 Å². The lowest BCUT2D eigenvalue weighted by Gasteiger charge is -2.40. The topological polar surface area (TPSA) is 86.4 Å². The van der Waals surface area contributed by atoms with Crippen LogP contribution in [0.25, 0.3) is 0 Å². The number of aromatic nitrogens is 2. The van der Waals surface area contributed by atoms with Crippen LogP contribution in [0.1, 0.15) is 49.1 Å². The van der Waals surface area contributed by atoms with Crippen molar-refractivity contribution in [2.75, 3.05) is 33.4 Å². The zero-order valence-electron chi connectivity index (χ0n) is 19.0. The van der Waals surface area contributed by atoms with Crippen molar-refractivity contribution in [2.45, 2.75) is 55.9 Å². The number of amides is 1. The molecule has 1 heterocycles. The summed E-state index contributed by atoms with van der Waals surface area (Å²) in [6.07, 6.45) is 7.53. The van der Waals surface area contributed by atoms with E-state index in [4.69, 9.17) is 0 Å². The molecule has 8 heteroatoms. The van der Waals surface area contributed by atoms with Crippen molar-refractivity contribution < 1.29 is 13.2 Å². The summed E-state index contributed by atoms with van der Waals surface area (Å²) in [6.45, 7) is 3.81. The van der Waals surface area contributed by atoms with Gasteiger partial charge in [0, 0.05) is 25.0 Å². The SMILES string of the molecule is Cc1[nH]cnc1CN(CCN(C)C)C(=O)C1(c2ccc(S(C)(=O)=O)cc2)CCCCC1. The van der Waals surface area contributed by atoms with Gasteiger partial charge in [-0.15, -0.1) is 0 Å². The van der Waals surface area contributed by atoms with Crippen molar-refractivity contribution in [1.29, 1.82) is 0 Å². The number of hydrogen-bond acceptors (Lipinski definition) is 5. The Balaban J connectivity index is 1.97. The smallest absolute Gasteiger partial charge is 0.233 e. The number of rotatable bonds is 8. The predicted octanol–water partition coefficient (Wildman–Crippen LogP) is 2.91. The summed E-state index contributed by atoms with van der Waals surface area (Å²) in [5, 5.41) is 0. The molecule has 1 N–H and O–H groups in total. The Morgan fingerprint density at radius 2 is 1.74 bits per heavy atom.